The fourth-order valence-corrected chi connectivity index (χ4v) is 5.25. The zero-order valence-electron chi connectivity index (χ0n) is 10.1. The molecule has 90 valence electrons. The molecule has 2 heteroatoms. The third-order valence-electron chi connectivity index (χ3n) is 6.13. The monoisotopic (exact) mass is 220 g/mol. The van der Waals surface area contributed by atoms with E-state index in [0.29, 0.717) is 6.04 Å². The van der Waals surface area contributed by atoms with Gasteiger partial charge in [0.05, 0.1) is 0 Å². The Labute approximate surface area is 98.6 Å². The van der Waals surface area contributed by atoms with Gasteiger partial charge in [-0.3, -0.25) is 4.90 Å². The molecule has 6 unspecified atom stereocenters. The average molecular weight is 220 g/mol. The van der Waals surface area contributed by atoms with Gasteiger partial charge in [0.25, 0.3) is 0 Å². The average Bonchev–Trinajstić information content (AvgIpc) is 3.01. The molecule has 2 nitrogen and oxygen atoms in total. The molecule has 0 aromatic rings. The minimum absolute atomic E-state index is 0.540. The van der Waals surface area contributed by atoms with E-state index in [9.17, 15) is 0 Å². The Balaban J connectivity index is 1.44. The Kier molecular flexibility index (Phi) is 2.14. The van der Waals surface area contributed by atoms with Crippen LogP contribution in [0.15, 0.2) is 0 Å². The molecule has 16 heavy (non-hydrogen) atoms. The van der Waals surface area contributed by atoms with E-state index in [0.717, 1.165) is 29.7 Å². The Morgan fingerprint density at radius 1 is 1.00 bits per heavy atom. The van der Waals surface area contributed by atoms with Gasteiger partial charge >= 0.3 is 0 Å². The molecule has 0 aromatic carbocycles. The molecule has 4 aliphatic rings. The first kappa shape index (κ1) is 9.90. The lowest BCUT2D eigenvalue weighted by atomic mass is 9.84. The summed E-state index contributed by atoms with van der Waals surface area (Å²) in [6, 6.07) is 1.48. The second-order valence-electron chi connectivity index (χ2n) is 6.86. The molecular formula is C14H24N2. The molecule has 6 atom stereocenters. The number of hydrogen-bond donors (Lipinski definition) is 1. The lowest BCUT2D eigenvalue weighted by Crippen LogP contribution is -2.45. The maximum Gasteiger partial charge on any atom is 0.0111 e. The lowest BCUT2D eigenvalue weighted by molar-refractivity contribution is 0.143. The van der Waals surface area contributed by atoms with Crippen LogP contribution >= 0.6 is 0 Å². The largest absolute Gasteiger partial charge is 0.327 e. The van der Waals surface area contributed by atoms with Crippen molar-refractivity contribution in [3.8, 4) is 0 Å². The number of nitrogens with zero attached hydrogens (tertiary/aromatic N) is 1. The van der Waals surface area contributed by atoms with Gasteiger partial charge < -0.3 is 5.73 Å². The Morgan fingerprint density at radius 2 is 1.88 bits per heavy atom. The summed E-state index contributed by atoms with van der Waals surface area (Å²) in [5.74, 6) is 3.76. The first-order valence-electron chi connectivity index (χ1n) is 7.31. The second kappa shape index (κ2) is 3.46. The fourth-order valence-electron chi connectivity index (χ4n) is 5.25. The summed E-state index contributed by atoms with van der Waals surface area (Å²) in [4.78, 5) is 2.79. The topological polar surface area (TPSA) is 29.3 Å². The fraction of sp³-hybridized carbons (Fsp3) is 1.00. The normalized spacial score (nSPS) is 55.3. The van der Waals surface area contributed by atoms with Crippen LogP contribution in [0.4, 0.5) is 0 Å². The van der Waals surface area contributed by atoms with Crippen LogP contribution in [-0.2, 0) is 0 Å². The van der Waals surface area contributed by atoms with Crippen molar-refractivity contribution in [3.63, 3.8) is 0 Å². The summed E-state index contributed by atoms with van der Waals surface area (Å²) in [7, 11) is 0. The van der Waals surface area contributed by atoms with Crippen molar-refractivity contribution in [2.45, 2.75) is 50.6 Å². The highest BCUT2D eigenvalue weighted by molar-refractivity contribution is 5.02. The van der Waals surface area contributed by atoms with Crippen molar-refractivity contribution in [2.24, 2.45) is 29.4 Å². The van der Waals surface area contributed by atoms with E-state index in [2.05, 4.69) is 4.90 Å². The number of rotatable bonds is 2. The van der Waals surface area contributed by atoms with E-state index in [4.69, 9.17) is 5.73 Å². The Hall–Kier alpha value is -0.0800. The lowest BCUT2D eigenvalue weighted by Gasteiger charge is -2.35. The minimum atomic E-state index is 0.540. The molecule has 0 amide bonds. The summed E-state index contributed by atoms with van der Waals surface area (Å²) in [5.41, 5.74) is 6.41. The number of piperidine rings is 1. The predicted octanol–water partition coefficient (Wildman–Crippen LogP) is 1.84. The third kappa shape index (κ3) is 1.32. The van der Waals surface area contributed by atoms with Gasteiger partial charge in [0.15, 0.2) is 0 Å². The quantitative estimate of drug-likeness (QED) is 0.769. The van der Waals surface area contributed by atoms with Gasteiger partial charge in [-0.05, 0) is 62.2 Å². The summed E-state index contributed by atoms with van der Waals surface area (Å²) < 4.78 is 0. The molecule has 4 bridgehead atoms. The van der Waals surface area contributed by atoms with Gasteiger partial charge in [0.1, 0.15) is 0 Å². The van der Waals surface area contributed by atoms with Gasteiger partial charge in [0.2, 0.25) is 0 Å². The number of nitrogens with two attached hydrogens (primary N) is 1. The number of fused-ring (bicyclic) bond motifs is 4. The van der Waals surface area contributed by atoms with Crippen LogP contribution in [0.5, 0.6) is 0 Å². The van der Waals surface area contributed by atoms with Gasteiger partial charge in [-0.2, -0.15) is 0 Å². The minimum Gasteiger partial charge on any atom is -0.327 e. The Bertz CT molecular complexity index is 288. The van der Waals surface area contributed by atoms with Crippen molar-refractivity contribution < 1.29 is 0 Å². The maximum absolute atomic E-state index is 6.41. The number of likely N-dealkylation sites (tertiary alicyclic amines) is 1. The summed E-state index contributed by atoms with van der Waals surface area (Å²) >= 11 is 0. The van der Waals surface area contributed by atoms with Crippen LogP contribution in [0.25, 0.3) is 0 Å². The maximum atomic E-state index is 6.41. The third-order valence-corrected chi connectivity index (χ3v) is 6.13. The van der Waals surface area contributed by atoms with Crippen LogP contribution in [0.2, 0.25) is 0 Å². The standard InChI is InChI=1S/C14H24N2/c15-14-11-3-2-10(6-11)13(14)8-16-7-9-1-4-12(16)5-9/h9-14H,1-8,15H2. The van der Waals surface area contributed by atoms with E-state index in [-0.39, 0.29) is 0 Å². The molecule has 0 aromatic heterocycles. The zero-order valence-corrected chi connectivity index (χ0v) is 10.1. The summed E-state index contributed by atoms with van der Waals surface area (Å²) in [5, 5.41) is 0. The molecule has 1 saturated heterocycles. The Morgan fingerprint density at radius 3 is 2.50 bits per heavy atom. The predicted molar refractivity (Wildman–Crippen MR) is 65.0 cm³/mol. The highest BCUT2D eigenvalue weighted by Crippen LogP contribution is 2.49. The first-order valence-corrected chi connectivity index (χ1v) is 7.31. The van der Waals surface area contributed by atoms with Gasteiger partial charge in [-0.25, -0.2) is 0 Å². The van der Waals surface area contributed by atoms with Crippen LogP contribution in [0.1, 0.15) is 38.5 Å². The molecule has 1 heterocycles. The highest BCUT2D eigenvalue weighted by Gasteiger charge is 2.48. The van der Waals surface area contributed by atoms with Crippen LogP contribution in [0, 0.1) is 23.7 Å². The van der Waals surface area contributed by atoms with Gasteiger partial charge in [-0.15, -0.1) is 0 Å². The molecular weight excluding hydrogens is 196 g/mol. The van der Waals surface area contributed by atoms with E-state index in [1.54, 1.807) is 0 Å². The van der Waals surface area contributed by atoms with Crippen molar-refractivity contribution in [1.82, 2.24) is 4.90 Å². The molecule has 3 saturated carbocycles. The van der Waals surface area contributed by atoms with E-state index in [1.165, 1.54) is 51.6 Å². The summed E-state index contributed by atoms with van der Waals surface area (Å²) in [6.45, 7) is 2.73. The smallest absolute Gasteiger partial charge is 0.0111 e. The van der Waals surface area contributed by atoms with Crippen LogP contribution in [-0.4, -0.2) is 30.1 Å². The molecule has 3 aliphatic carbocycles. The SMILES string of the molecule is NC1C2CCC(C2)C1CN1CC2CCC1C2. The molecule has 4 fully saturated rings. The van der Waals surface area contributed by atoms with Crippen molar-refractivity contribution in [2.75, 3.05) is 13.1 Å². The number of hydrogen-bond acceptors (Lipinski definition) is 2. The molecule has 4 rings (SSSR count). The van der Waals surface area contributed by atoms with Crippen LogP contribution in [0.3, 0.4) is 0 Å². The van der Waals surface area contributed by atoms with Gasteiger partial charge in [0, 0.05) is 25.2 Å². The van der Waals surface area contributed by atoms with E-state index < -0.39 is 0 Å². The molecule has 1 aliphatic heterocycles. The summed E-state index contributed by atoms with van der Waals surface area (Å²) in [6.07, 6.45) is 8.83. The second-order valence-corrected chi connectivity index (χ2v) is 6.86. The highest BCUT2D eigenvalue weighted by atomic mass is 15.2. The van der Waals surface area contributed by atoms with Gasteiger partial charge in [-0.1, -0.05) is 0 Å². The molecule has 0 radical (unpaired) electrons. The first-order chi connectivity index (χ1) is 7.81. The molecule has 0 spiro atoms. The van der Waals surface area contributed by atoms with E-state index >= 15 is 0 Å². The van der Waals surface area contributed by atoms with E-state index in [1.807, 2.05) is 0 Å². The van der Waals surface area contributed by atoms with Crippen molar-refractivity contribution in [3.05, 3.63) is 0 Å². The molecule has 2 N–H and O–H groups in total. The van der Waals surface area contributed by atoms with Crippen LogP contribution < -0.4 is 5.73 Å². The zero-order chi connectivity index (χ0) is 10.7. The van der Waals surface area contributed by atoms with Crippen molar-refractivity contribution in [1.29, 1.82) is 0 Å². The van der Waals surface area contributed by atoms with Crippen molar-refractivity contribution >= 4 is 0 Å².